The average molecular weight is 620 g/mol. The minimum absolute atomic E-state index is 0.0873. The van der Waals surface area contributed by atoms with Crippen molar-refractivity contribution in [2.24, 2.45) is 0 Å². The highest BCUT2D eigenvalue weighted by Gasteiger charge is 2.28. The number of nitrogens with one attached hydrogen (secondary N) is 2. The summed E-state index contributed by atoms with van der Waals surface area (Å²) in [5, 5.41) is 5.89. The number of nitrogens with zero attached hydrogens (tertiary/aromatic N) is 2. The van der Waals surface area contributed by atoms with E-state index in [1.165, 1.54) is 61.7 Å². The Morgan fingerprint density at radius 2 is 1.61 bits per heavy atom. The predicted octanol–water partition coefficient (Wildman–Crippen LogP) is 4.90. The summed E-state index contributed by atoms with van der Waals surface area (Å²) in [7, 11) is -4.25. The van der Waals surface area contributed by atoms with E-state index in [1.807, 2.05) is 0 Å². The summed E-state index contributed by atoms with van der Waals surface area (Å²) in [6.45, 7) is 3.52. The summed E-state index contributed by atoms with van der Waals surface area (Å²) in [4.78, 5) is 32.8. The van der Waals surface area contributed by atoms with Gasteiger partial charge in [-0.25, -0.2) is 0 Å². The third-order valence-corrected chi connectivity index (χ3v) is 8.63. The molecule has 0 aliphatic carbocycles. The van der Waals surface area contributed by atoms with Crippen LogP contribution in [0, 0.1) is 0 Å². The van der Waals surface area contributed by atoms with Crippen molar-refractivity contribution in [2.75, 3.05) is 37.2 Å². The Labute approximate surface area is 250 Å². The Bertz CT molecular complexity index is 1430. The molecule has 0 radical (unpaired) electrons. The first-order valence-corrected chi connectivity index (χ1v) is 15.5. The SMILES string of the molecule is O=C(CNC(=O)c1ccc(S(=O)(=O)N(Oc2ccc(Cl)cc2Cl)c2ccccc2)cc1)NCCCN1CCCCC1. The number of carbonyl (C=O) groups excluding carboxylic acids is 2. The molecule has 1 heterocycles. The first-order chi connectivity index (χ1) is 19.7. The van der Waals surface area contributed by atoms with Crippen molar-refractivity contribution in [3.8, 4) is 5.75 Å². The zero-order valence-corrected chi connectivity index (χ0v) is 24.7. The van der Waals surface area contributed by atoms with Gasteiger partial charge in [0.25, 0.3) is 15.9 Å². The molecule has 41 heavy (non-hydrogen) atoms. The lowest BCUT2D eigenvalue weighted by molar-refractivity contribution is -0.120. The highest BCUT2D eigenvalue weighted by molar-refractivity contribution is 7.92. The minimum Gasteiger partial charge on any atom is -0.363 e. The van der Waals surface area contributed by atoms with Gasteiger partial charge in [-0.1, -0.05) is 52.3 Å². The molecular formula is C29H32Cl2N4O5S. The Hall–Kier alpha value is -3.31. The molecule has 218 valence electrons. The number of likely N-dealkylation sites (tertiary alicyclic amines) is 1. The maximum absolute atomic E-state index is 13.6. The maximum Gasteiger partial charge on any atom is 0.295 e. The van der Waals surface area contributed by atoms with Crippen LogP contribution in [0.4, 0.5) is 5.69 Å². The number of hydrogen-bond acceptors (Lipinski definition) is 6. The van der Waals surface area contributed by atoms with Crippen molar-refractivity contribution in [2.45, 2.75) is 30.6 Å². The fourth-order valence-corrected chi connectivity index (χ4v) is 6.03. The second kappa shape index (κ2) is 14.5. The van der Waals surface area contributed by atoms with Gasteiger partial charge in [-0.05, 0) is 93.5 Å². The van der Waals surface area contributed by atoms with Gasteiger partial charge in [-0.3, -0.25) is 9.59 Å². The van der Waals surface area contributed by atoms with E-state index in [0.29, 0.717) is 11.6 Å². The number of rotatable bonds is 12. The Balaban J connectivity index is 1.36. The topological polar surface area (TPSA) is 108 Å². The van der Waals surface area contributed by atoms with Gasteiger partial charge < -0.3 is 20.4 Å². The lowest BCUT2D eigenvalue weighted by Gasteiger charge is -2.26. The number of amides is 2. The summed E-state index contributed by atoms with van der Waals surface area (Å²) in [5.74, 6) is -0.696. The molecule has 1 aliphatic rings. The molecule has 3 aromatic carbocycles. The number of sulfonamides is 1. The third kappa shape index (κ3) is 8.59. The van der Waals surface area contributed by atoms with E-state index >= 15 is 0 Å². The van der Waals surface area contributed by atoms with E-state index in [2.05, 4.69) is 15.5 Å². The second-order valence-electron chi connectivity index (χ2n) is 9.55. The van der Waals surface area contributed by atoms with Crippen LogP contribution >= 0.6 is 23.2 Å². The fourth-order valence-electron chi connectivity index (χ4n) is 4.34. The van der Waals surface area contributed by atoms with Gasteiger partial charge in [0.1, 0.15) is 0 Å². The van der Waals surface area contributed by atoms with Crippen LogP contribution < -0.4 is 19.9 Å². The molecule has 0 unspecified atom stereocenters. The quantitative estimate of drug-likeness (QED) is 0.221. The van der Waals surface area contributed by atoms with Crippen LogP contribution in [0.5, 0.6) is 5.75 Å². The second-order valence-corrected chi connectivity index (χ2v) is 12.1. The lowest BCUT2D eigenvalue weighted by Crippen LogP contribution is -2.38. The average Bonchev–Trinajstić information content (AvgIpc) is 2.98. The molecule has 0 bridgehead atoms. The predicted molar refractivity (Wildman–Crippen MR) is 160 cm³/mol. The third-order valence-electron chi connectivity index (χ3n) is 6.51. The van der Waals surface area contributed by atoms with E-state index in [0.717, 1.165) is 30.5 Å². The molecule has 0 saturated carbocycles. The fraction of sp³-hybridized carbons (Fsp3) is 0.310. The van der Waals surface area contributed by atoms with E-state index in [4.69, 9.17) is 28.0 Å². The molecule has 0 spiro atoms. The number of hydrogen-bond donors (Lipinski definition) is 2. The van der Waals surface area contributed by atoms with Gasteiger partial charge in [-0.2, -0.15) is 8.42 Å². The molecule has 1 fully saturated rings. The molecule has 9 nitrogen and oxygen atoms in total. The van der Waals surface area contributed by atoms with Gasteiger partial charge >= 0.3 is 0 Å². The Morgan fingerprint density at radius 1 is 0.902 bits per heavy atom. The van der Waals surface area contributed by atoms with Crippen molar-refractivity contribution in [3.05, 3.63) is 88.4 Å². The molecule has 12 heteroatoms. The van der Waals surface area contributed by atoms with Gasteiger partial charge in [0, 0.05) is 17.1 Å². The maximum atomic E-state index is 13.6. The van der Waals surface area contributed by atoms with Gasteiger partial charge in [0.05, 0.1) is 22.2 Å². The van der Waals surface area contributed by atoms with E-state index in [-0.39, 0.29) is 39.4 Å². The van der Waals surface area contributed by atoms with Crippen LogP contribution in [0.1, 0.15) is 36.0 Å². The van der Waals surface area contributed by atoms with Gasteiger partial charge in [-0.15, -0.1) is 0 Å². The summed E-state index contributed by atoms with van der Waals surface area (Å²) in [6, 6.07) is 18.0. The Morgan fingerprint density at radius 3 is 2.29 bits per heavy atom. The smallest absolute Gasteiger partial charge is 0.295 e. The van der Waals surface area contributed by atoms with Gasteiger partial charge in [0.15, 0.2) is 5.75 Å². The molecule has 1 aliphatic heterocycles. The number of para-hydroxylation sites is 1. The standard InChI is InChI=1S/C29H32Cl2N4O5S/c30-23-12-15-27(26(31)20-23)40-35(24-8-3-1-4-9-24)41(38,39)25-13-10-22(11-14-25)29(37)33-21-28(36)32-16-7-19-34-17-5-2-6-18-34/h1,3-4,8-15,20H,2,5-7,16-19,21H2,(H,32,36)(H,33,37). The van der Waals surface area contributed by atoms with Crippen LogP contribution in [0.15, 0.2) is 77.7 Å². The summed E-state index contributed by atoms with van der Waals surface area (Å²) >= 11 is 12.2. The van der Waals surface area contributed by atoms with Crippen LogP contribution in [-0.2, 0) is 14.8 Å². The van der Waals surface area contributed by atoms with E-state index in [1.54, 1.807) is 30.3 Å². The van der Waals surface area contributed by atoms with Crippen molar-refractivity contribution in [1.82, 2.24) is 15.5 Å². The molecule has 3 aromatic rings. The molecule has 4 rings (SSSR count). The largest absolute Gasteiger partial charge is 0.363 e. The monoisotopic (exact) mass is 618 g/mol. The normalized spacial score (nSPS) is 13.8. The number of benzene rings is 3. The van der Waals surface area contributed by atoms with Crippen molar-refractivity contribution in [1.29, 1.82) is 0 Å². The van der Waals surface area contributed by atoms with Crippen molar-refractivity contribution in [3.63, 3.8) is 0 Å². The minimum atomic E-state index is -4.25. The van der Waals surface area contributed by atoms with Crippen LogP contribution in [0.2, 0.25) is 10.0 Å². The highest BCUT2D eigenvalue weighted by Crippen LogP contribution is 2.32. The zero-order chi connectivity index (χ0) is 29.2. The van der Waals surface area contributed by atoms with Gasteiger partial charge in [0.2, 0.25) is 5.91 Å². The van der Waals surface area contributed by atoms with Crippen molar-refractivity contribution >= 4 is 50.7 Å². The summed E-state index contributed by atoms with van der Waals surface area (Å²) in [6.07, 6.45) is 4.58. The number of halogens is 2. The Kier molecular flexibility index (Phi) is 10.9. The molecule has 2 amide bonds. The summed E-state index contributed by atoms with van der Waals surface area (Å²) in [5.41, 5.74) is 0.442. The van der Waals surface area contributed by atoms with Crippen LogP contribution in [0.25, 0.3) is 0 Å². The highest BCUT2D eigenvalue weighted by atomic mass is 35.5. The first-order valence-electron chi connectivity index (χ1n) is 13.3. The van der Waals surface area contributed by atoms with Crippen LogP contribution in [0.3, 0.4) is 0 Å². The molecule has 1 saturated heterocycles. The van der Waals surface area contributed by atoms with E-state index < -0.39 is 15.9 Å². The summed E-state index contributed by atoms with van der Waals surface area (Å²) < 4.78 is 28.0. The molecule has 0 atom stereocenters. The number of anilines is 1. The zero-order valence-electron chi connectivity index (χ0n) is 22.4. The molecule has 2 N–H and O–H groups in total. The van der Waals surface area contributed by atoms with E-state index in [9.17, 15) is 18.0 Å². The molecule has 0 aromatic heterocycles. The molecular weight excluding hydrogens is 587 g/mol. The van der Waals surface area contributed by atoms with Crippen LogP contribution in [-0.4, -0.2) is 57.9 Å². The number of carbonyl (C=O) groups is 2. The number of piperidine rings is 1. The lowest BCUT2D eigenvalue weighted by atomic mass is 10.1. The first kappa shape index (κ1) is 30.6. The van der Waals surface area contributed by atoms with Crippen molar-refractivity contribution < 1.29 is 22.8 Å².